The molecule has 0 aliphatic heterocycles. The Labute approximate surface area is 267 Å². The summed E-state index contributed by atoms with van der Waals surface area (Å²) in [6.07, 6.45) is 16.9. The van der Waals surface area contributed by atoms with Crippen LogP contribution in [0.2, 0.25) is 0 Å². The Kier molecular flexibility index (Phi) is 27.6. The molecule has 0 radical (unpaired) electrons. The molecule has 0 aromatic rings. The molecule has 0 aliphatic carbocycles. The maximum absolute atomic E-state index is 12.5. The third-order valence-corrected chi connectivity index (χ3v) is 8.32. The SMILES string of the molecule is CC(C)CCCCCCCCCCCC(=O)O[C@H](COC(=O)CCCCCCCCC(C)C)COP(=O)(O)OC[C@@H](O)CO. The van der Waals surface area contributed by atoms with Gasteiger partial charge in [0.15, 0.2) is 6.10 Å². The average molecular weight is 653 g/mol. The lowest BCUT2D eigenvalue weighted by Crippen LogP contribution is -2.29. The van der Waals surface area contributed by atoms with Crippen LogP contribution >= 0.6 is 7.82 Å². The van der Waals surface area contributed by atoms with E-state index in [0.29, 0.717) is 12.8 Å². The maximum atomic E-state index is 12.5. The second-order valence-corrected chi connectivity index (χ2v) is 14.3. The van der Waals surface area contributed by atoms with E-state index in [1.54, 1.807) is 0 Å². The fraction of sp³-hybridized carbons (Fsp3) is 0.939. The molecule has 0 saturated heterocycles. The second-order valence-electron chi connectivity index (χ2n) is 12.9. The fourth-order valence-electron chi connectivity index (χ4n) is 4.65. The molecular weight excluding hydrogens is 587 g/mol. The summed E-state index contributed by atoms with van der Waals surface area (Å²) in [4.78, 5) is 34.6. The number of phosphoric ester groups is 1. The van der Waals surface area contributed by atoms with Crippen molar-refractivity contribution < 1.29 is 47.8 Å². The first-order valence-electron chi connectivity index (χ1n) is 17.2. The van der Waals surface area contributed by atoms with Crippen LogP contribution in [0.3, 0.4) is 0 Å². The van der Waals surface area contributed by atoms with Crippen molar-refractivity contribution in [2.45, 2.75) is 162 Å². The highest BCUT2D eigenvalue weighted by Crippen LogP contribution is 2.43. The van der Waals surface area contributed by atoms with Gasteiger partial charge >= 0.3 is 19.8 Å². The Bertz CT molecular complexity index is 746. The summed E-state index contributed by atoms with van der Waals surface area (Å²) in [6, 6.07) is 0. The molecule has 10 nitrogen and oxygen atoms in total. The minimum Gasteiger partial charge on any atom is -0.462 e. The van der Waals surface area contributed by atoms with Crippen molar-refractivity contribution in [2.24, 2.45) is 11.8 Å². The Balaban J connectivity index is 4.43. The van der Waals surface area contributed by atoms with E-state index in [4.69, 9.17) is 19.1 Å². The van der Waals surface area contributed by atoms with E-state index in [9.17, 15) is 24.2 Å². The number of carbonyl (C=O) groups excluding carboxylic acids is 2. The van der Waals surface area contributed by atoms with Gasteiger partial charge in [-0.25, -0.2) is 4.57 Å². The van der Waals surface area contributed by atoms with E-state index in [0.717, 1.165) is 50.4 Å². The zero-order chi connectivity index (χ0) is 33.1. The van der Waals surface area contributed by atoms with E-state index in [2.05, 4.69) is 32.2 Å². The van der Waals surface area contributed by atoms with E-state index in [1.165, 1.54) is 57.8 Å². The molecule has 3 atom stereocenters. The predicted molar refractivity (Wildman–Crippen MR) is 173 cm³/mol. The topological polar surface area (TPSA) is 149 Å². The number of aliphatic hydroxyl groups excluding tert-OH is 2. The number of unbranched alkanes of at least 4 members (excludes halogenated alkanes) is 13. The number of rotatable bonds is 31. The van der Waals surface area contributed by atoms with Gasteiger partial charge in [0.2, 0.25) is 0 Å². The first-order chi connectivity index (χ1) is 20.9. The van der Waals surface area contributed by atoms with E-state index in [1.807, 2.05) is 0 Å². The van der Waals surface area contributed by atoms with Gasteiger partial charge in [-0.05, 0) is 24.7 Å². The summed E-state index contributed by atoms with van der Waals surface area (Å²) in [7, 11) is -4.60. The van der Waals surface area contributed by atoms with Crippen molar-refractivity contribution in [1.82, 2.24) is 0 Å². The molecule has 11 heteroatoms. The standard InChI is InChI=1S/C33H65O10P/c1-28(2)20-16-12-8-6-5-7-9-15-19-23-33(37)43-31(27-42-44(38,39)41-25-30(35)24-34)26-40-32(36)22-18-14-11-10-13-17-21-29(3)4/h28-31,34-35H,5-27H2,1-4H3,(H,38,39)/t30-,31+/m0/s1. The molecule has 0 aliphatic rings. The molecule has 0 rings (SSSR count). The largest absolute Gasteiger partial charge is 0.472 e. The zero-order valence-electron chi connectivity index (χ0n) is 28.2. The van der Waals surface area contributed by atoms with Gasteiger partial charge in [-0.3, -0.25) is 18.6 Å². The van der Waals surface area contributed by atoms with E-state index in [-0.39, 0.29) is 19.4 Å². The third kappa shape index (κ3) is 29.7. The van der Waals surface area contributed by atoms with Crippen LogP contribution in [0.15, 0.2) is 0 Å². The first kappa shape index (κ1) is 43.0. The van der Waals surface area contributed by atoms with Crippen LogP contribution in [0.5, 0.6) is 0 Å². The summed E-state index contributed by atoms with van der Waals surface area (Å²) >= 11 is 0. The van der Waals surface area contributed by atoms with Gasteiger partial charge in [-0.15, -0.1) is 0 Å². The minimum atomic E-state index is -4.60. The molecule has 0 heterocycles. The summed E-state index contributed by atoms with van der Waals surface area (Å²) in [5, 5.41) is 18.2. The third-order valence-electron chi connectivity index (χ3n) is 7.37. The molecule has 1 unspecified atom stereocenters. The Morgan fingerprint density at radius 3 is 1.48 bits per heavy atom. The van der Waals surface area contributed by atoms with Crippen molar-refractivity contribution in [3.63, 3.8) is 0 Å². The summed E-state index contributed by atoms with van der Waals surface area (Å²) in [5.41, 5.74) is 0. The highest BCUT2D eigenvalue weighted by atomic mass is 31.2. The molecule has 0 amide bonds. The number of ether oxygens (including phenoxy) is 2. The monoisotopic (exact) mass is 652 g/mol. The molecule has 0 bridgehead atoms. The number of esters is 2. The van der Waals surface area contributed by atoms with Crippen LogP contribution in [0.4, 0.5) is 0 Å². The van der Waals surface area contributed by atoms with Crippen molar-refractivity contribution >= 4 is 19.8 Å². The number of aliphatic hydroxyl groups is 2. The van der Waals surface area contributed by atoms with Gasteiger partial charge in [0.25, 0.3) is 0 Å². The van der Waals surface area contributed by atoms with E-state index < -0.39 is 51.8 Å². The van der Waals surface area contributed by atoms with Crippen molar-refractivity contribution in [3.05, 3.63) is 0 Å². The van der Waals surface area contributed by atoms with Crippen molar-refractivity contribution in [1.29, 1.82) is 0 Å². The number of phosphoric acid groups is 1. The normalized spacial score (nSPS) is 14.5. The number of carbonyl (C=O) groups is 2. The second kappa shape index (κ2) is 28.2. The molecule has 3 N–H and O–H groups in total. The quantitative estimate of drug-likeness (QED) is 0.0387. The Morgan fingerprint density at radius 2 is 1.02 bits per heavy atom. The first-order valence-corrected chi connectivity index (χ1v) is 18.7. The lowest BCUT2D eigenvalue weighted by Gasteiger charge is -2.20. The van der Waals surface area contributed by atoms with Gasteiger partial charge in [0, 0.05) is 12.8 Å². The van der Waals surface area contributed by atoms with Gasteiger partial charge < -0.3 is 24.6 Å². The van der Waals surface area contributed by atoms with Crippen molar-refractivity contribution in [2.75, 3.05) is 26.4 Å². The van der Waals surface area contributed by atoms with Crippen LogP contribution in [0, 0.1) is 11.8 Å². The molecule has 0 saturated carbocycles. The smallest absolute Gasteiger partial charge is 0.462 e. The van der Waals surface area contributed by atoms with Crippen LogP contribution < -0.4 is 0 Å². The summed E-state index contributed by atoms with van der Waals surface area (Å²) in [5.74, 6) is 0.571. The van der Waals surface area contributed by atoms with Gasteiger partial charge in [0.05, 0.1) is 19.8 Å². The molecule has 0 fully saturated rings. The average Bonchev–Trinajstić information content (AvgIpc) is 2.97. The predicted octanol–water partition coefficient (Wildman–Crippen LogP) is 7.65. The van der Waals surface area contributed by atoms with Crippen LogP contribution in [-0.4, -0.2) is 65.7 Å². The minimum absolute atomic E-state index is 0.187. The van der Waals surface area contributed by atoms with Gasteiger partial charge in [-0.1, -0.05) is 124 Å². The van der Waals surface area contributed by atoms with Crippen LogP contribution in [0.25, 0.3) is 0 Å². The lowest BCUT2D eigenvalue weighted by atomic mass is 10.0. The zero-order valence-corrected chi connectivity index (χ0v) is 29.1. The van der Waals surface area contributed by atoms with Crippen LogP contribution in [-0.2, 0) is 32.7 Å². The van der Waals surface area contributed by atoms with Crippen LogP contribution in [0.1, 0.15) is 150 Å². The molecule has 44 heavy (non-hydrogen) atoms. The lowest BCUT2D eigenvalue weighted by molar-refractivity contribution is -0.161. The highest BCUT2D eigenvalue weighted by Gasteiger charge is 2.27. The maximum Gasteiger partial charge on any atom is 0.472 e. The molecule has 262 valence electrons. The summed E-state index contributed by atoms with van der Waals surface area (Å²) < 4.78 is 32.4. The highest BCUT2D eigenvalue weighted by molar-refractivity contribution is 7.47. The fourth-order valence-corrected chi connectivity index (χ4v) is 5.44. The molecule has 0 aromatic carbocycles. The van der Waals surface area contributed by atoms with Gasteiger partial charge in [0.1, 0.15) is 12.7 Å². The van der Waals surface area contributed by atoms with Crippen molar-refractivity contribution in [3.8, 4) is 0 Å². The molecular formula is C33H65O10P. The Morgan fingerprint density at radius 1 is 0.614 bits per heavy atom. The molecule has 0 spiro atoms. The number of hydrogen-bond acceptors (Lipinski definition) is 9. The van der Waals surface area contributed by atoms with Gasteiger partial charge in [-0.2, -0.15) is 0 Å². The Hall–Kier alpha value is -1.03. The summed E-state index contributed by atoms with van der Waals surface area (Å²) in [6.45, 7) is 6.87. The van der Waals surface area contributed by atoms with E-state index >= 15 is 0 Å². The molecule has 0 aromatic heterocycles. The number of hydrogen-bond donors (Lipinski definition) is 3.